The second kappa shape index (κ2) is 9.11. The highest BCUT2D eigenvalue weighted by molar-refractivity contribution is 5.94. The first kappa shape index (κ1) is 18.8. The molecule has 0 amide bonds. The summed E-state index contributed by atoms with van der Waals surface area (Å²) in [5.41, 5.74) is 1.04. The fraction of sp³-hybridized carbons (Fsp3) is 0.474. The molecule has 136 valence electrons. The Bertz CT molecular complexity index is 643. The number of esters is 1. The molecule has 1 N–H and O–H groups in total. The Morgan fingerprint density at radius 2 is 1.88 bits per heavy atom. The molecule has 0 radical (unpaired) electrons. The summed E-state index contributed by atoms with van der Waals surface area (Å²) in [6.07, 6.45) is 6.15. The minimum atomic E-state index is -0.963. The van der Waals surface area contributed by atoms with Crippen LogP contribution < -0.4 is 9.47 Å². The van der Waals surface area contributed by atoms with Gasteiger partial charge in [-0.05, 0) is 55.9 Å². The summed E-state index contributed by atoms with van der Waals surface area (Å²) in [6, 6.07) is 5.38. The van der Waals surface area contributed by atoms with Gasteiger partial charge in [-0.1, -0.05) is 6.07 Å². The third kappa shape index (κ3) is 5.52. The van der Waals surface area contributed by atoms with Gasteiger partial charge in [0.05, 0.1) is 20.3 Å². The van der Waals surface area contributed by atoms with Crippen molar-refractivity contribution in [3.63, 3.8) is 0 Å². The Hall–Kier alpha value is -2.50. The maximum Gasteiger partial charge on any atom is 0.333 e. The molecule has 1 aromatic carbocycles. The molecule has 6 heteroatoms. The molecule has 25 heavy (non-hydrogen) atoms. The highest BCUT2D eigenvalue weighted by Gasteiger charge is 2.19. The van der Waals surface area contributed by atoms with Crippen LogP contribution in [-0.2, 0) is 14.3 Å². The average molecular weight is 348 g/mol. The van der Waals surface area contributed by atoms with Crippen LogP contribution in [-0.4, -0.2) is 37.4 Å². The molecular weight excluding hydrogens is 324 g/mol. The lowest BCUT2D eigenvalue weighted by Crippen LogP contribution is -2.11. The van der Waals surface area contributed by atoms with E-state index in [2.05, 4.69) is 0 Å². The van der Waals surface area contributed by atoms with Crippen molar-refractivity contribution < 1.29 is 28.9 Å². The molecule has 0 aliphatic heterocycles. The van der Waals surface area contributed by atoms with Gasteiger partial charge in [0.2, 0.25) is 0 Å². The zero-order valence-electron chi connectivity index (χ0n) is 14.6. The monoisotopic (exact) mass is 348 g/mol. The second-order valence-corrected chi connectivity index (χ2v) is 5.99. The number of carbonyl (C=O) groups is 2. The van der Waals surface area contributed by atoms with Crippen LogP contribution in [0.3, 0.4) is 0 Å². The zero-order valence-corrected chi connectivity index (χ0v) is 14.6. The van der Waals surface area contributed by atoms with E-state index in [0.717, 1.165) is 31.2 Å². The van der Waals surface area contributed by atoms with E-state index in [4.69, 9.17) is 19.3 Å². The number of hydrogen-bond acceptors (Lipinski definition) is 5. The zero-order chi connectivity index (χ0) is 18.2. The molecule has 0 atom stereocenters. The van der Waals surface area contributed by atoms with Crippen LogP contribution in [0.1, 0.15) is 44.1 Å². The quantitative estimate of drug-likeness (QED) is 0.572. The van der Waals surface area contributed by atoms with Crippen molar-refractivity contribution in [3.05, 3.63) is 29.3 Å². The molecule has 1 aliphatic rings. The number of carboxylic acids is 1. The van der Waals surface area contributed by atoms with Crippen LogP contribution in [0.2, 0.25) is 0 Å². The number of rotatable bonds is 8. The lowest BCUT2D eigenvalue weighted by atomic mass is 10.1. The Labute approximate surface area is 147 Å². The van der Waals surface area contributed by atoms with E-state index in [0.29, 0.717) is 17.1 Å². The minimum absolute atomic E-state index is 0.104. The molecule has 0 unspecified atom stereocenters. The topological polar surface area (TPSA) is 82.1 Å². The summed E-state index contributed by atoms with van der Waals surface area (Å²) in [7, 11) is 2.86. The standard InChI is InChI=1S/C19H24O6/c1-23-16-9-7-13(12-17(16)25-15-5-3-4-6-15)11-14(19(22)24-2)8-10-18(20)21/h7,9,11-12,15H,3-6,8,10H2,1-2H3,(H,20,21)/b14-11+. The normalized spacial score (nSPS) is 15.0. The maximum absolute atomic E-state index is 11.9. The minimum Gasteiger partial charge on any atom is -0.493 e. The first-order chi connectivity index (χ1) is 12.0. The molecule has 0 spiro atoms. The van der Waals surface area contributed by atoms with Gasteiger partial charge >= 0.3 is 11.9 Å². The molecule has 6 nitrogen and oxygen atoms in total. The number of ether oxygens (including phenoxy) is 3. The van der Waals surface area contributed by atoms with Crippen LogP contribution in [0.15, 0.2) is 23.8 Å². The van der Waals surface area contributed by atoms with E-state index in [1.54, 1.807) is 31.4 Å². The average Bonchev–Trinajstić information content (AvgIpc) is 3.11. The van der Waals surface area contributed by atoms with Crippen molar-refractivity contribution in [2.75, 3.05) is 14.2 Å². The van der Waals surface area contributed by atoms with E-state index in [9.17, 15) is 9.59 Å². The molecule has 1 saturated carbocycles. The van der Waals surface area contributed by atoms with Crippen molar-refractivity contribution in [1.82, 2.24) is 0 Å². The van der Waals surface area contributed by atoms with Gasteiger partial charge in [0.15, 0.2) is 11.5 Å². The SMILES string of the molecule is COC(=O)/C(=C/c1ccc(OC)c(OC2CCCC2)c1)CCC(=O)O. The van der Waals surface area contributed by atoms with Crippen molar-refractivity contribution in [1.29, 1.82) is 0 Å². The predicted molar refractivity (Wildman–Crippen MR) is 92.7 cm³/mol. The van der Waals surface area contributed by atoms with E-state index in [1.807, 2.05) is 0 Å². The molecule has 0 saturated heterocycles. The number of methoxy groups -OCH3 is 2. The summed E-state index contributed by atoms with van der Waals surface area (Å²) in [5, 5.41) is 8.84. The van der Waals surface area contributed by atoms with Gasteiger partial charge in [-0.15, -0.1) is 0 Å². The Morgan fingerprint density at radius 1 is 1.16 bits per heavy atom. The highest BCUT2D eigenvalue weighted by Crippen LogP contribution is 2.33. The van der Waals surface area contributed by atoms with E-state index >= 15 is 0 Å². The van der Waals surface area contributed by atoms with Crippen LogP contribution in [0.25, 0.3) is 6.08 Å². The second-order valence-electron chi connectivity index (χ2n) is 5.99. The molecule has 0 heterocycles. The Morgan fingerprint density at radius 3 is 2.48 bits per heavy atom. The number of hydrogen-bond donors (Lipinski definition) is 1. The maximum atomic E-state index is 11.9. The number of carboxylic acid groups (broad SMARTS) is 1. The van der Waals surface area contributed by atoms with Crippen molar-refractivity contribution >= 4 is 18.0 Å². The fourth-order valence-electron chi connectivity index (χ4n) is 2.87. The molecule has 1 fully saturated rings. The lowest BCUT2D eigenvalue weighted by molar-refractivity contribution is -0.137. The highest BCUT2D eigenvalue weighted by atomic mass is 16.5. The largest absolute Gasteiger partial charge is 0.493 e. The van der Waals surface area contributed by atoms with E-state index in [1.165, 1.54) is 7.11 Å². The summed E-state index contributed by atoms with van der Waals surface area (Å²) < 4.78 is 16.1. The summed E-state index contributed by atoms with van der Waals surface area (Å²) in [5.74, 6) is -0.232. The Kier molecular flexibility index (Phi) is 6.86. The summed E-state index contributed by atoms with van der Waals surface area (Å²) >= 11 is 0. The molecule has 0 aromatic heterocycles. The van der Waals surface area contributed by atoms with Gasteiger partial charge in [-0.2, -0.15) is 0 Å². The van der Waals surface area contributed by atoms with Crippen molar-refractivity contribution in [2.24, 2.45) is 0 Å². The lowest BCUT2D eigenvalue weighted by Gasteiger charge is -2.16. The Balaban J connectivity index is 2.25. The fourth-order valence-corrected chi connectivity index (χ4v) is 2.87. The van der Waals surface area contributed by atoms with Gasteiger partial charge in [0.1, 0.15) is 0 Å². The van der Waals surface area contributed by atoms with Crippen LogP contribution >= 0.6 is 0 Å². The number of aliphatic carboxylic acids is 1. The van der Waals surface area contributed by atoms with E-state index < -0.39 is 11.9 Å². The predicted octanol–water partition coefficient (Wildman–Crippen LogP) is 3.44. The molecule has 0 bridgehead atoms. The van der Waals surface area contributed by atoms with Gasteiger partial charge in [-0.25, -0.2) is 4.79 Å². The van der Waals surface area contributed by atoms with Gasteiger partial charge in [0, 0.05) is 12.0 Å². The molecule has 2 rings (SSSR count). The summed E-state index contributed by atoms with van der Waals surface area (Å²) in [6.45, 7) is 0. The van der Waals surface area contributed by atoms with E-state index in [-0.39, 0.29) is 18.9 Å². The van der Waals surface area contributed by atoms with Crippen LogP contribution in [0, 0.1) is 0 Å². The first-order valence-electron chi connectivity index (χ1n) is 8.39. The third-order valence-corrected chi connectivity index (χ3v) is 4.18. The number of carbonyl (C=O) groups excluding carboxylic acids is 1. The molecule has 1 aliphatic carbocycles. The summed E-state index contributed by atoms with van der Waals surface area (Å²) in [4.78, 5) is 22.7. The van der Waals surface area contributed by atoms with Crippen molar-refractivity contribution in [2.45, 2.75) is 44.6 Å². The van der Waals surface area contributed by atoms with Crippen LogP contribution in [0.4, 0.5) is 0 Å². The van der Waals surface area contributed by atoms with Gasteiger partial charge < -0.3 is 19.3 Å². The van der Waals surface area contributed by atoms with Gasteiger partial charge in [0.25, 0.3) is 0 Å². The van der Waals surface area contributed by atoms with Crippen LogP contribution in [0.5, 0.6) is 11.5 Å². The molecule has 1 aromatic rings. The third-order valence-electron chi connectivity index (χ3n) is 4.18. The first-order valence-corrected chi connectivity index (χ1v) is 8.39. The van der Waals surface area contributed by atoms with Gasteiger partial charge in [-0.3, -0.25) is 4.79 Å². The van der Waals surface area contributed by atoms with Crippen molar-refractivity contribution in [3.8, 4) is 11.5 Å². The molecular formula is C19H24O6. The number of benzene rings is 1. The smallest absolute Gasteiger partial charge is 0.333 e.